The maximum Gasteiger partial charge on any atom is 0.416 e. The molecule has 0 aliphatic rings. The summed E-state index contributed by atoms with van der Waals surface area (Å²) in [5, 5.41) is 7.53. The number of halogens is 3. The summed E-state index contributed by atoms with van der Waals surface area (Å²) in [5.74, 6) is -0.359. The van der Waals surface area contributed by atoms with Gasteiger partial charge in [-0.2, -0.15) is 13.2 Å². The second kappa shape index (κ2) is 8.39. The molecule has 2 aromatic carbocycles. The van der Waals surface area contributed by atoms with E-state index in [0.717, 1.165) is 12.1 Å². The number of hydrogen-bond acceptors (Lipinski definition) is 5. The van der Waals surface area contributed by atoms with Gasteiger partial charge in [0.25, 0.3) is 11.5 Å². The predicted octanol–water partition coefficient (Wildman–Crippen LogP) is 5.04. The molecule has 0 spiro atoms. The number of benzene rings is 2. The van der Waals surface area contributed by atoms with Gasteiger partial charge in [-0.15, -0.1) is 0 Å². The van der Waals surface area contributed by atoms with E-state index in [2.05, 4.69) is 15.5 Å². The highest BCUT2D eigenvalue weighted by molar-refractivity contribution is 6.07. The highest BCUT2D eigenvalue weighted by Crippen LogP contribution is 2.31. The molecule has 0 unspecified atom stereocenters. The number of aromatic nitrogens is 3. The zero-order valence-electron chi connectivity index (χ0n) is 18.2. The van der Waals surface area contributed by atoms with Gasteiger partial charge in [-0.1, -0.05) is 11.2 Å². The lowest BCUT2D eigenvalue weighted by atomic mass is 10.1. The molecule has 0 saturated heterocycles. The van der Waals surface area contributed by atoms with Crippen molar-refractivity contribution < 1.29 is 22.5 Å². The summed E-state index contributed by atoms with van der Waals surface area (Å²) in [5.41, 5.74) is 0.235. The van der Waals surface area contributed by atoms with Crippen LogP contribution in [0.5, 0.6) is 0 Å². The van der Waals surface area contributed by atoms with Crippen molar-refractivity contribution in [2.24, 2.45) is 0 Å². The Kier molecular flexibility index (Phi) is 5.35. The molecule has 0 aliphatic heterocycles. The normalized spacial score (nSPS) is 12.7. The number of alkyl halides is 3. The van der Waals surface area contributed by atoms with Gasteiger partial charge < -0.3 is 9.84 Å². The summed E-state index contributed by atoms with van der Waals surface area (Å²) < 4.78 is 45.3. The van der Waals surface area contributed by atoms with Gasteiger partial charge >= 0.3 is 6.18 Å². The van der Waals surface area contributed by atoms with Gasteiger partial charge in [0.05, 0.1) is 28.2 Å². The topological polar surface area (TPSA) is 90.0 Å². The van der Waals surface area contributed by atoms with Crippen molar-refractivity contribution in [3.8, 4) is 5.69 Å². The second-order valence-corrected chi connectivity index (χ2v) is 7.94. The fourth-order valence-electron chi connectivity index (χ4n) is 3.93. The number of nitrogens with one attached hydrogen (secondary N) is 1. The largest absolute Gasteiger partial charge is 0.416 e. The van der Waals surface area contributed by atoms with E-state index in [-0.39, 0.29) is 23.2 Å². The van der Waals surface area contributed by atoms with Crippen LogP contribution in [0.25, 0.3) is 27.5 Å². The molecule has 1 amide bonds. The summed E-state index contributed by atoms with van der Waals surface area (Å²) >= 11 is 0. The first-order valence-corrected chi connectivity index (χ1v) is 10.6. The number of nitrogens with zero attached hydrogens (tertiary/aromatic N) is 3. The fourth-order valence-corrected chi connectivity index (χ4v) is 3.93. The predicted molar refractivity (Wildman–Crippen MR) is 122 cm³/mol. The summed E-state index contributed by atoms with van der Waals surface area (Å²) in [6, 6.07) is 14.0. The minimum atomic E-state index is -4.50. The molecule has 5 aromatic rings. The van der Waals surface area contributed by atoms with Crippen molar-refractivity contribution in [3.05, 3.63) is 100 Å². The van der Waals surface area contributed by atoms with Crippen molar-refractivity contribution in [2.75, 3.05) is 0 Å². The van der Waals surface area contributed by atoms with Crippen molar-refractivity contribution in [1.29, 1.82) is 0 Å². The highest BCUT2D eigenvalue weighted by Gasteiger charge is 2.30. The standard InChI is InChI=1S/C25H17F3N4O3/c1-14(20-4-2-3-11-29-20)30-23(33)15-5-10-21-18(12-15)19-13-35-31-22(19)24(34)32(21)17-8-6-16(7-9-17)25(26,27)28/h2-14H,1H3,(H,30,33)/t14-/m0/s1. The zero-order valence-corrected chi connectivity index (χ0v) is 18.2. The molecule has 5 rings (SSSR count). The zero-order chi connectivity index (χ0) is 24.7. The van der Waals surface area contributed by atoms with Gasteiger partial charge in [-0.3, -0.25) is 19.1 Å². The van der Waals surface area contributed by atoms with Crippen LogP contribution in [0.3, 0.4) is 0 Å². The fraction of sp³-hybridized carbons (Fsp3) is 0.120. The van der Waals surface area contributed by atoms with Crippen molar-refractivity contribution in [3.63, 3.8) is 0 Å². The van der Waals surface area contributed by atoms with Gasteiger partial charge in [0.15, 0.2) is 5.52 Å². The lowest BCUT2D eigenvalue weighted by Gasteiger charge is -2.15. The number of amides is 1. The van der Waals surface area contributed by atoms with Gasteiger partial charge in [0.2, 0.25) is 0 Å². The third-order valence-corrected chi connectivity index (χ3v) is 5.70. The van der Waals surface area contributed by atoms with Crippen LogP contribution < -0.4 is 10.9 Å². The van der Waals surface area contributed by atoms with Crippen LogP contribution >= 0.6 is 0 Å². The smallest absolute Gasteiger partial charge is 0.363 e. The number of rotatable bonds is 4. The molecule has 0 fully saturated rings. The van der Waals surface area contributed by atoms with E-state index in [0.29, 0.717) is 27.5 Å². The van der Waals surface area contributed by atoms with Crippen molar-refractivity contribution in [2.45, 2.75) is 19.1 Å². The minimum absolute atomic E-state index is 0.00295. The summed E-state index contributed by atoms with van der Waals surface area (Å²) in [7, 11) is 0. The average Bonchev–Trinajstić information content (AvgIpc) is 3.35. The van der Waals surface area contributed by atoms with Crippen LogP contribution in [-0.2, 0) is 6.18 Å². The summed E-state index contributed by atoms with van der Waals surface area (Å²) in [6.45, 7) is 1.81. The van der Waals surface area contributed by atoms with Gasteiger partial charge in [-0.25, -0.2) is 0 Å². The number of fused-ring (bicyclic) bond motifs is 3. The van der Waals surface area contributed by atoms with E-state index < -0.39 is 17.3 Å². The molecule has 0 bridgehead atoms. The highest BCUT2D eigenvalue weighted by atomic mass is 19.4. The van der Waals surface area contributed by atoms with Crippen LogP contribution in [0, 0.1) is 0 Å². The summed E-state index contributed by atoms with van der Waals surface area (Å²) in [6.07, 6.45) is -1.57. The molecule has 1 N–H and O–H groups in total. The Labute approximate surface area is 195 Å². The second-order valence-electron chi connectivity index (χ2n) is 7.94. The summed E-state index contributed by atoms with van der Waals surface area (Å²) in [4.78, 5) is 30.3. The molecule has 3 heterocycles. The van der Waals surface area contributed by atoms with E-state index in [9.17, 15) is 22.8 Å². The monoisotopic (exact) mass is 478 g/mol. The molecule has 176 valence electrons. The number of hydrogen-bond donors (Lipinski definition) is 1. The molecule has 10 heteroatoms. The van der Waals surface area contributed by atoms with Crippen LogP contribution in [0.1, 0.15) is 34.6 Å². The van der Waals surface area contributed by atoms with Crippen LogP contribution in [0.4, 0.5) is 13.2 Å². The van der Waals surface area contributed by atoms with Crippen LogP contribution in [-0.4, -0.2) is 20.6 Å². The first kappa shape index (κ1) is 22.3. The van der Waals surface area contributed by atoms with E-state index in [1.54, 1.807) is 36.5 Å². The Bertz CT molecular complexity index is 1610. The average molecular weight is 478 g/mol. The lowest BCUT2D eigenvalue weighted by Crippen LogP contribution is -2.27. The Morgan fingerprint density at radius 3 is 2.51 bits per heavy atom. The van der Waals surface area contributed by atoms with E-state index >= 15 is 0 Å². The van der Waals surface area contributed by atoms with Gasteiger partial charge in [0, 0.05) is 22.8 Å². The maximum atomic E-state index is 13.1. The molecule has 0 saturated carbocycles. The maximum absolute atomic E-state index is 13.1. The van der Waals surface area contributed by atoms with Crippen molar-refractivity contribution >= 4 is 27.7 Å². The molecule has 0 radical (unpaired) electrons. The third kappa shape index (κ3) is 4.03. The van der Waals surface area contributed by atoms with E-state index in [4.69, 9.17) is 4.52 Å². The van der Waals surface area contributed by atoms with Crippen molar-refractivity contribution in [1.82, 2.24) is 20.0 Å². The van der Waals surface area contributed by atoms with Gasteiger partial charge in [0.1, 0.15) is 6.26 Å². The third-order valence-electron chi connectivity index (χ3n) is 5.70. The Hall–Kier alpha value is -4.47. The molecular weight excluding hydrogens is 461 g/mol. The molecule has 7 nitrogen and oxygen atoms in total. The van der Waals surface area contributed by atoms with Crippen LogP contribution in [0.2, 0.25) is 0 Å². The number of pyridine rings is 2. The Morgan fingerprint density at radius 2 is 1.83 bits per heavy atom. The molecular formula is C25H17F3N4O3. The minimum Gasteiger partial charge on any atom is -0.363 e. The van der Waals surface area contributed by atoms with E-state index in [1.165, 1.54) is 23.0 Å². The number of carbonyl (C=O) groups excluding carboxylic acids is 1. The Morgan fingerprint density at radius 1 is 1.06 bits per heavy atom. The van der Waals surface area contributed by atoms with Crippen LogP contribution in [0.15, 0.2) is 82.4 Å². The molecule has 1 atom stereocenters. The first-order chi connectivity index (χ1) is 16.7. The Balaban J connectivity index is 1.60. The van der Waals surface area contributed by atoms with Gasteiger partial charge in [-0.05, 0) is 61.5 Å². The first-order valence-electron chi connectivity index (χ1n) is 10.6. The quantitative estimate of drug-likeness (QED) is 0.391. The lowest BCUT2D eigenvalue weighted by molar-refractivity contribution is -0.137. The molecule has 3 aromatic heterocycles. The molecule has 35 heavy (non-hydrogen) atoms. The SMILES string of the molecule is C[C@H](NC(=O)c1ccc2c(c1)c1conc1c(=O)n2-c1ccc(C(F)(F)F)cc1)c1ccccn1. The molecule has 0 aliphatic carbocycles. The van der Waals surface area contributed by atoms with E-state index in [1.807, 2.05) is 13.0 Å². The number of carbonyl (C=O) groups is 1.